The second-order valence-corrected chi connectivity index (χ2v) is 15.9. The molecule has 0 bridgehead atoms. The number of aliphatic hydroxyl groups is 2. The normalized spacial score (nSPS) is 23.9. The van der Waals surface area contributed by atoms with Gasteiger partial charge in [-0.15, -0.1) is 0 Å². The number of hydrogen-bond acceptors (Lipinski definition) is 8. The van der Waals surface area contributed by atoms with Gasteiger partial charge in [-0.2, -0.15) is 0 Å². The van der Waals surface area contributed by atoms with E-state index in [1.54, 1.807) is 36.1 Å². The Morgan fingerprint density at radius 2 is 1.56 bits per heavy atom. The number of anilines is 1. The molecule has 57 heavy (non-hydrogen) atoms. The molecule has 5 rings (SSSR count). The molecule has 1 aliphatic carbocycles. The Labute approximate surface area is 330 Å². The predicted octanol–water partition coefficient (Wildman–Crippen LogP) is 1.59. The first-order valence-electron chi connectivity index (χ1n) is 19.3. The third-order valence-corrected chi connectivity index (χ3v) is 11.2. The fourth-order valence-corrected chi connectivity index (χ4v) is 7.84. The summed E-state index contributed by atoms with van der Waals surface area (Å²) in [4.78, 5) is 85.4. The molecule has 1 spiro atoms. The van der Waals surface area contributed by atoms with Crippen LogP contribution in [0.25, 0.3) is 0 Å². The maximum Gasteiger partial charge on any atom is 0.319 e. The lowest BCUT2D eigenvalue weighted by molar-refractivity contribution is -0.149. The fourth-order valence-electron chi connectivity index (χ4n) is 7.84. The summed E-state index contributed by atoms with van der Waals surface area (Å²) in [6.45, 7) is 8.73. The first-order valence-corrected chi connectivity index (χ1v) is 19.3. The molecule has 3 fully saturated rings. The van der Waals surface area contributed by atoms with Crippen LogP contribution in [-0.2, 0) is 30.4 Å². The van der Waals surface area contributed by atoms with Gasteiger partial charge in [0.1, 0.15) is 41.8 Å². The van der Waals surface area contributed by atoms with Crippen LogP contribution in [0, 0.1) is 24.5 Å². The number of carbonyl (C=O) groups excluding carboxylic acids is 6. The van der Waals surface area contributed by atoms with E-state index in [-0.39, 0.29) is 36.8 Å². The highest BCUT2D eigenvalue weighted by Gasteiger charge is 2.63. The number of likely N-dealkylation sites (tertiary alicyclic amines) is 2. The molecule has 310 valence electrons. The van der Waals surface area contributed by atoms with Crippen molar-refractivity contribution in [2.24, 2.45) is 5.92 Å². The molecule has 1 unspecified atom stereocenters. The summed E-state index contributed by atoms with van der Waals surface area (Å²) < 4.78 is 28.2. The number of benzene rings is 2. The average Bonchev–Trinajstić information content (AvgIpc) is 3.43. The van der Waals surface area contributed by atoms with Crippen LogP contribution in [0.5, 0.6) is 0 Å². The minimum atomic E-state index is -1.60. The molecule has 2 aliphatic heterocycles. The number of halogens is 2. The SMILES string of the molecule is Cc1ccc(NC(=O)N[C@@H](Cc2cc(F)cc(F)c2)C(=O)N[C@H](C(=O)N2CCC[C@H]2C(=O)N(C)[C@@H](C)C(=O)N[C@@H](C)C(=O)N2C[C@H](C)C[C@@]23CC3O)[C@H](C)O)cc1. The molecule has 15 nitrogen and oxygen atoms in total. The standard InChI is InChI=1S/C40H53F2N7O8/c1-21-9-11-29(12-10-21)44-39(57)45-30(16-26-14-27(41)17-28(42)15-26)35(53)46-33(25(5)50)38(56)48-13-7-8-31(48)37(55)47(6)24(4)34(52)43-23(3)36(54)49-20-22(2)18-40(49)19-32(40)51/h9-12,14-15,17,22-25,30-33,50-51H,7-8,13,16,18-20H2,1-6H3,(H,43,52)(H,46,53)(H2,44,45,57)/t22-,23+,24+,25+,30+,31+,32?,33+,40+/m1/s1. The lowest BCUT2D eigenvalue weighted by Gasteiger charge is -2.34. The molecule has 1 saturated carbocycles. The van der Waals surface area contributed by atoms with Crippen LogP contribution in [-0.4, -0.2) is 129 Å². The summed E-state index contributed by atoms with van der Waals surface area (Å²) in [5.74, 6) is -4.85. The summed E-state index contributed by atoms with van der Waals surface area (Å²) in [6, 6.07) is 2.51. The Morgan fingerprint density at radius 1 is 0.930 bits per heavy atom. The Kier molecular flexibility index (Phi) is 13.2. The number of likely N-dealkylation sites (N-methyl/N-ethyl adjacent to an activating group) is 1. The van der Waals surface area contributed by atoms with Gasteiger partial charge in [0.05, 0.1) is 17.7 Å². The van der Waals surface area contributed by atoms with E-state index in [1.165, 1.54) is 30.7 Å². The number of carbonyl (C=O) groups is 6. The Bertz CT molecular complexity index is 1840. The average molecular weight is 798 g/mol. The molecule has 0 radical (unpaired) electrons. The number of nitrogens with zero attached hydrogens (tertiary/aromatic N) is 3. The van der Waals surface area contributed by atoms with Crippen LogP contribution in [0.1, 0.15) is 64.5 Å². The molecule has 9 atom stereocenters. The van der Waals surface area contributed by atoms with Crippen molar-refractivity contribution in [1.29, 1.82) is 0 Å². The first-order chi connectivity index (χ1) is 26.8. The third kappa shape index (κ3) is 9.87. The lowest BCUT2D eigenvalue weighted by atomic mass is 10.0. The van der Waals surface area contributed by atoms with Gasteiger partial charge in [-0.25, -0.2) is 13.6 Å². The fraction of sp³-hybridized carbons (Fsp3) is 0.550. The van der Waals surface area contributed by atoms with E-state index in [1.807, 2.05) is 13.8 Å². The largest absolute Gasteiger partial charge is 0.391 e. The van der Waals surface area contributed by atoms with Gasteiger partial charge in [0, 0.05) is 44.7 Å². The van der Waals surface area contributed by atoms with Gasteiger partial charge >= 0.3 is 6.03 Å². The van der Waals surface area contributed by atoms with Crippen LogP contribution in [0.15, 0.2) is 42.5 Å². The third-order valence-electron chi connectivity index (χ3n) is 11.2. The van der Waals surface area contributed by atoms with Gasteiger partial charge in [0.15, 0.2) is 0 Å². The zero-order valence-corrected chi connectivity index (χ0v) is 33.1. The molecular weight excluding hydrogens is 744 g/mol. The Balaban J connectivity index is 1.25. The summed E-state index contributed by atoms with van der Waals surface area (Å²) in [5.41, 5.74) is 0.779. The predicted molar refractivity (Wildman–Crippen MR) is 204 cm³/mol. The summed E-state index contributed by atoms with van der Waals surface area (Å²) in [7, 11) is 1.40. The second kappa shape index (κ2) is 17.5. The van der Waals surface area contributed by atoms with Crippen LogP contribution < -0.4 is 21.3 Å². The number of urea groups is 1. The van der Waals surface area contributed by atoms with E-state index in [0.29, 0.717) is 37.6 Å². The van der Waals surface area contributed by atoms with E-state index in [2.05, 4.69) is 21.3 Å². The molecular formula is C40H53F2N7O8. The molecule has 2 saturated heterocycles. The maximum atomic E-state index is 14.1. The smallest absolute Gasteiger partial charge is 0.319 e. The summed E-state index contributed by atoms with van der Waals surface area (Å²) >= 11 is 0. The van der Waals surface area contributed by atoms with Gasteiger partial charge < -0.3 is 46.2 Å². The van der Waals surface area contributed by atoms with Crippen molar-refractivity contribution in [3.63, 3.8) is 0 Å². The highest BCUT2D eigenvalue weighted by atomic mass is 19.1. The van der Waals surface area contributed by atoms with Crippen molar-refractivity contribution >= 4 is 41.3 Å². The van der Waals surface area contributed by atoms with Gasteiger partial charge in [0.2, 0.25) is 29.5 Å². The van der Waals surface area contributed by atoms with Crippen molar-refractivity contribution in [2.75, 3.05) is 25.5 Å². The van der Waals surface area contributed by atoms with E-state index >= 15 is 0 Å². The number of nitrogens with one attached hydrogen (secondary N) is 4. The van der Waals surface area contributed by atoms with Gasteiger partial charge in [-0.1, -0.05) is 24.6 Å². The topological polar surface area (TPSA) is 201 Å². The number of rotatable bonds is 13. The van der Waals surface area contributed by atoms with Crippen LogP contribution in [0.3, 0.4) is 0 Å². The highest BCUT2D eigenvalue weighted by Crippen LogP contribution is 2.51. The number of aliphatic hydroxyl groups excluding tert-OH is 2. The monoisotopic (exact) mass is 797 g/mol. The van der Waals surface area contributed by atoms with Crippen molar-refractivity contribution in [3.05, 3.63) is 65.2 Å². The Morgan fingerprint density at radius 3 is 2.16 bits per heavy atom. The van der Waals surface area contributed by atoms with Crippen molar-refractivity contribution < 1.29 is 47.8 Å². The summed E-state index contributed by atoms with van der Waals surface area (Å²) in [6.07, 6.45) is -0.666. The molecule has 0 aromatic heterocycles. The number of hydrogen-bond donors (Lipinski definition) is 6. The second-order valence-electron chi connectivity index (χ2n) is 15.9. The van der Waals surface area contributed by atoms with Crippen molar-refractivity contribution in [2.45, 2.75) is 115 Å². The minimum absolute atomic E-state index is 0.0321. The molecule has 17 heteroatoms. The van der Waals surface area contributed by atoms with Gasteiger partial charge in [0.25, 0.3) is 0 Å². The van der Waals surface area contributed by atoms with E-state index in [0.717, 1.165) is 17.7 Å². The highest BCUT2D eigenvalue weighted by molar-refractivity contribution is 5.98. The number of aryl methyl sites for hydroxylation is 1. The van der Waals surface area contributed by atoms with Crippen LogP contribution >= 0.6 is 0 Å². The van der Waals surface area contributed by atoms with Crippen LogP contribution in [0.4, 0.5) is 19.3 Å². The van der Waals surface area contributed by atoms with Crippen molar-refractivity contribution in [3.8, 4) is 0 Å². The van der Waals surface area contributed by atoms with E-state index in [4.69, 9.17) is 0 Å². The molecule has 6 N–H and O–H groups in total. The molecule has 7 amide bonds. The van der Waals surface area contributed by atoms with Crippen molar-refractivity contribution in [1.82, 2.24) is 30.7 Å². The zero-order valence-electron chi connectivity index (χ0n) is 33.1. The van der Waals surface area contributed by atoms with Gasteiger partial charge in [-0.05, 0) is 82.7 Å². The van der Waals surface area contributed by atoms with Gasteiger partial charge in [-0.3, -0.25) is 24.0 Å². The number of amides is 7. The van der Waals surface area contributed by atoms with E-state index in [9.17, 15) is 47.8 Å². The first kappa shape index (κ1) is 43.0. The van der Waals surface area contributed by atoms with E-state index < -0.39 is 89.3 Å². The minimum Gasteiger partial charge on any atom is -0.391 e. The zero-order chi connectivity index (χ0) is 41.9. The lowest BCUT2D eigenvalue weighted by Crippen LogP contribution is -2.61. The summed E-state index contributed by atoms with van der Waals surface area (Å²) in [5, 5.41) is 31.2. The van der Waals surface area contributed by atoms with Crippen LogP contribution in [0.2, 0.25) is 0 Å². The molecule has 2 aromatic carbocycles. The molecule has 2 heterocycles. The maximum absolute atomic E-state index is 14.1. The Hall–Kier alpha value is -5.16. The molecule has 3 aliphatic rings. The molecule has 2 aromatic rings. The quantitative estimate of drug-likeness (QED) is 0.176.